The highest BCUT2D eigenvalue weighted by Crippen LogP contribution is 2.18. The van der Waals surface area contributed by atoms with Crippen LogP contribution in [-0.4, -0.2) is 43.9 Å². The number of amides is 3. The van der Waals surface area contributed by atoms with E-state index >= 15 is 0 Å². The zero-order valence-electron chi connectivity index (χ0n) is 16.6. The minimum Gasteiger partial charge on any atom is -0.347 e. The molecule has 4 N–H and O–H groups in total. The Bertz CT molecular complexity index is 857. The fraction of sp³-hybridized carbons (Fsp3) is 0.409. The molecule has 1 fully saturated rings. The van der Waals surface area contributed by atoms with Crippen LogP contribution in [0.4, 0.5) is 0 Å². The predicted molar refractivity (Wildman–Crippen MR) is 111 cm³/mol. The number of quaternary nitrogens is 1. The van der Waals surface area contributed by atoms with Crippen LogP contribution in [0, 0.1) is 0 Å². The first-order chi connectivity index (χ1) is 14.1. The molecule has 154 valence electrons. The summed E-state index contributed by atoms with van der Waals surface area (Å²) in [5, 5.41) is 4.70. The Hall–Kier alpha value is -2.93. The fourth-order valence-electron chi connectivity index (χ4n) is 3.70. The molecule has 0 radical (unpaired) electrons. The molecule has 0 bridgehead atoms. The summed E-state index contributed by atoms with van der Waals surface area (Å²) in [5.41, 5.74) is 5.68. The van der Waals surface area contributed by atoms with E-state index in [1.165, 1.54) is 24.2 Å². The van der Waals surface area contributed by atoms with E-state index in [2.05, 4.69) is 16.2 Å². The number of hydrazine groups is 1. The number of likely N-dealkylation sites (tertiary alicyclic amines) is 1. The van der Waals surface area contributed by atoms with Gasteiger partial charge in [0.05, 0.1) is 39.0 Å². The maximum absolute atomic E-state index is 12.2. The fourth-order valence-corrected chi connectivity index (χ4v) is 3.70. The number of hydrogen-bond acceptors (Lipinski definition) is 3. The van der Waals surface area contributed by atoms with Crippen LogP contribution in [0.3, 0.4) is 0 Å². The van der Waals surface area contributed by atoms with Crippen LogP contribution in [0.1, 0.15) is 31.2 Å². The molecule has 1 heterocycles. The van der Waals surface area contributed by atoms with Crippen molar-refractivity contribution in [3.05, 3.63) is 48.0 Å². The highest BCUT2D eigenvalue weighted by Gasteiger charge is 2.15. The highest BCUT2D eigenvalue weighted by atomic mass is 16.2. The molecule has 7 nitrogen and oxygen atoms in total. The van der Waals surface area contributed by atoms with Crippen molar-refractivity contribution >= 4 is 28.5 Å². The predicted octanol–water partition coefficient (Wildman–Crippen LogP) is 0.105. The van der Waals surface area contributed by atoms with E-state index in [-0.39, 0.29) is 24.8 Å². The number of rotatable bonds is 7. The molecular weight excluding hydrogens is 368 g/mol. The molecule has 29 heavy (non-hydrogen) atoms. The Morgan fingerprint density at radius 3 is 2.38 bits per heavy atom. The van der Waals surface area contributed by atoms with E-state index in [1.807, 2.05) is 42.5 Å². The Kier molecular flexibility index (Phi) is 7.58. The average Bonchev–Trinajstić information content (AvgIpc) is 2.76. The van der Waals surface area contributed by atoms with Gasteiger partial charge in [-0.15, -0.1) is 0 Å². The van der Waals surface area contributed by atoms with Crippen molar-refractivity contribution in [3.63, 3.8) is 0 Å². The van der Waals surface area contributed by atoms with Crippen molar-refractivity contribution in [1.29, 1.82) is 0 Å². The van der Waals surface area contributed by atoms with Gasteiger partial charge in [-0.25, -0.2) is 0 Å². The van der Waals surface area contributed by atoms with E-state index < -0.39 is 5.91 Å². The number of carbonyl (C=O) groups is 3. The molecule has 2 aromatic rings. The third kappa shape index (κ3) is 6.57. The van der Waals surface area contributed by atoms with Gasteiger partial charge in [0.2, 0.25) is 11.8 Å². The lowest BCUT2D eigenvalue weighted by Gasteiger charge is -2.23. The average molecular weight is 397 g/mol. The van der Waals surface area contributed by atoms with Crippen molar-refractivity contribution in [1.82, 2.24) is 16.2 Å². The van der Waals surface area contributed by atoms with Crippen molar-refractivity contribution in [2.75, 3.05) is 26.2 Å². The van der Waals surface area contributed by atoms with Gasteiger partial charge < -0.3 is 10.2 Å². The van der Waals surface area contributed by atoms with E-state index in [4.69, 9.17) is 0 Å². The molecule has 7 heteroatoms. The van der Waals surface area contributed by atoms with Gasteiger partial charge in [0.1, 0.15) is 0 Å². The van der Waals surface area contributed by atoms with Crippen molar-refractivity contribution in [2.45, 2.75) is 32.1 Å². The minimum absolute atomic E-state index is 0.179. The van der Waals surface area contributed by atoms with Gasteiger partial charge in [0.25, 0.3) is 5.91 Å². The van der Waals surface area contributed by atoms with Gasteiger partial charge in [-0.05, 0) is 35.6 Å². The zero-order chi connectivity index (χ0) is 20.5. The molecular formula is C22H29N4O3+. The third-order valence-electron chi connectivity index (χ3n) is 5.28. The molecule has 0 atom stereocenters. The smallest absolute Gasteiger partial charge is 0.257 e. The van der Waals surface area contributed by atoms with Gasteiger partial charge >= 0.3 is 0 Å². The molecule has 3 rings (SSSR count). The minimum atomic E-state index is -0.449. The summed E-state index contributed by atoms with van der Waals surface area (Å²) in [5.74, 6) is -0.898. The summed E-state index contributed by atoms with van der Waals surface area (Å²) in [6, 6.07) is 13.7. The molecule has 0 unspecified atom stereocenters. The molecule has 2 aromatic carbocycles. The summed E-state index contributed by atoms with van der Waals surface area (Å²) in [6.07, 6.45) is 4.28. The summed E-state index contributed by atoms with van der Waals surface area (Å²) in [6.45, 7) is 2.83. The van der Waals surface area contributed by atoms with E-state index in [0.717, 1.165) is 36.0 Å². The summed E-state index contributed by atoms with van der Waals surface area (Å²) < 4.78 is 0. The number of piperidine rings is 1. The molecule has 3 amide bonds. The summed E-state index contributed by atoms with van der Waals surface area (Å²) in [4.78, 5) is 37.4. The second kappa shape index (κ2) is 10.6. The first-order valence-corrected chi connectivity index (χ1v) is 10.3. The second-order valence-electron chi connectivity index (χ2n) is 7.50. The maximum atomic E-state index is 12.2. The maximum Gasteiger partial charge on any atom is 0.257 e. The standard InChI is InChI=1S/C22H28N4O3/c27-20(11-14-26-12-4-1-5-13-26)24-25-22(29)16-23-21(28)15-18-9-6-8-17-7-2-3-10-19(17)18/h2-3,6-10H,1,4-5,11-16H2,(H,23,28)(H,24,27)(H,25,29)/p+1. The number of hydrogen-bond donors (Lipinski definition) is 4. The van der Waals surface area contributed by atoms with E-state index in [1.54, 1.807) is 0 Å². The monoisotopic (exact) mass is 397 g/mol. The number of fused-ring (bicyclic) bond motifs is 1. The van der Waals surface area contributed by atoms with Gasteiger partial charge in [0.15, 0.2) is 0 Å². The second-order valence-corrected chi connectivity index (χ2v) is 7.50. The van der Waals surface area contributed by atoms with Gasteiger partial charge in [0, 0.05) is 0 Å². The van der Waals surface area contributed by atoms with Gasteiger partial charge in [-0.3, -0.25) is 25.2 Å². The van der Waals surface area contributed by atoms with E-state index in [9.17, 15) is 14.4 Å². The van der Waals surface area contributed by atoms with Crippen LogP contribution in [0.5, 0.6) is 0 Å². The van der Waals surface area contributed by atoms with Crippen LogP contribution < -0.4 is 21.1 Å². The Labute approximate surface area is 170 Å². The van der Waals surface area contributed by atoms with Crippen LogP contribution in [0.15, 0.2) is 42.5 Å². The van der Waals surface area contributed by atoms with Crippen LogP contribution in [0.2, 0.25) is 0 Å². The SMILES string of the molecule is O=C(Cc1cccc2ccccc12)NCC(=O)NNC(=O)CC[NH+]1CCCCC1. The lowest BCUT2D eigenvalue weighted by Crippen LogP contribution is -3.12. The first-order valence-electron chi connectivity index (χ1n) is 10.3. The van der Waals surface area contributed by atoms with Gasteiger partial charge in [-0.1, -0.05) is 42.5 Å². The van der Waals surface area contributed by atoms with Crippen molar-refractivity contribution < 1.29 is 19.3 Å². The van der Waals surface area contributed by atoms with Crippen LogP contribution >= 0.6 is 0 Å². The lowest BCUT2D eigenvalue weighted by molar-refractivity contribution is -0.904. The van der Waals surface area contributed by atoms with E-state index in [0.29, 0.717) is 6.42 Å². The molecule has 0 aromatic heterocycles. The molecule has 1 saturated heterocycles. The molecule has 0 aliphatic carbocycles. The highest BCUT2D eigenvalue weighted by molar-refractivity contribution is 5.91. The Balaban J connectivity index is 1.35. The Morgan fingerprint density at radius 1 is 0.828 bits per heavy atom. The number of nitrogens with one attached hydrogen (secondary N) is 4. The van der Waals surface area contributed by atoms with Gasteiger partial charge in [-0.2, -0.15) is 0 Å². The quantitative estimate of drug-likeness (QED) is 0.500. The molecule has 0 saturated carbocycles. The molecule has 0 spiro atoms. The van der Waals surface area contributed by atoms with Crippen LogP contribution in [-0.2, 0) is 20.8 Å². The largest absolute Gasteiger partial charge is 0.347 e. The summed E-state index contributed by atoms with van der Waals surface area (Å²) >= 11 is 0. The third-order valence-corrected chi connectivity index (χ3v) is 5.28. The number of benzene rings is 2. The molecule has 1 aliphatic heterocycles. The van der Waals surface area contributed by atoms with Crippen molar-refractivity contribution in [3.8, 4) is 0 Å². The topological polar surface area (TPSA) is 91.7 Å². The Morgan fingerprint density at radius 2 is 1.55 bits per heavy atom. The first kappa shape index (κ1) is 20.8. The zero-order valence-corrected chi connectivity index (χ0v) is 16.6. The lowest BCUT2D eigenvalue weighted by atomic mass is 10.0. The number of carbonyl (C=O) groups excluding carboxylic acids is 3. The van der Waals surface area contributed by atoms with Crippen molar-refractivity contribution in [2.24, 2.45) is 0 Å². The van der Waals surface area contributed by atoms with Crippen LogP contribution in [0.25, 0.3) is 10.8 Å². The molecule has 1 aliphatic rings. The summed E-state index contributed by atoms with van der Waals surface area (Å²) in [7, 11) is 0. The normalized spacial score (nSPS) is 14.3.